The van der Waals surface area contributed by atoms with Crippen molar-refractivity contribution in [3.63, 3.8) is 0 Å². The molecule has 2 aliphatic heterocycles. The molecule has 2 heterocycles. The fraction of sp³-hybridized carbons (Fsp3) is 0.500. The van der Waals surface area contributed by atoms with E-state index in [4.69, 9.17) is 14.2 Å². The van der Waals surface area contributed by atoms with E-state index in [1.54, 1.807) is 0 Å². The molecule has 2 saturated heterocycles. The van der Waals surface area contributed by atoms with Crippen LogP contribution in [0.5, 0.6) is 0 Å². The van der Waals surface area contributed by atoms with Crippen LogP contribution in [0.25, 0.3) is 0 Å². The third kappa shape index (κ3) is 1.97. The molecular weight excluding hydrogens is 240 g/mol. The summed E-state index contributed by atoms with van der Waals surface area (Å²) >= 11 is 0. The molecule has 98 valence electrons. The zero-order valence-corrected chi connectivity index (χ0v) is 10.7. The van der Waals surface area contributed by atoms with E-state index < -0.39 is 0 Å². The predicted octanol–water partition coefficient (Wildman–Crippen LogP) is 2.10. The Balaban J connectivity index is 1.49. The van der Waals surface area contributed by atoms with E-state index in [0.29, 0.717) is 13.2 Å². The van der Waals surface area contributed by atoms with Gasteiger partial charge in [-0.3, -0.25) is 0 Å². The molecule has 3 fully saturated rings. The quantitative estimate of drug-likeness (QED) is 0.526. The summed E-state index contributed by atoms with van der Waals surface area (Å²) in [6.45, 7) is 1.41. The molecule has 0 amide bonds. The zero-order chi connectivity index (χ0) is 12.8. The summed E-state index contributed by atoms with van der Waals surface area (Å²) < 4.78 is 17.3. The maximum absolute atomic E-state index is 5.84. The van der Waals surface area contributed by atoms with Crippen LogP contribution in [0.3, 0.4) is 0 Å². The van der Waals surface area contributed by atoms with Crippen LogP contribution < -0.4 is 0 Å². The molecule has 0 aromatic heterocycles. The number of hydrogen-bond acceptors (Lipinski definition) is 3. The fourth-order valence-corrected chi connectivity index (χ4v) is 3.04. The normalized spacial score (nSPS) is 34.4. The van der Waals surface area contributed by atoms with E-state index in [-0.39, 0.29) is 17.5 Å². The third-order valence-electron chi connectivity index (χ3n) is 4.19. The number of rotatable bonds is 0. The SMILES string of the molecule is C(#CC12CCC3(CC1O2)OCCO3)c1ccccc1. The molecule has 4 rings (SSSR count). The molecule has 19 heavy (non-hydrogen) atoms. The number of benzene rings is 1. The van der Waals surface area contributed by atoms with Crippen molar-refractivity contribution >= 4 is 0 Å². The third-order valence-corrected chi connectivity index (χ3v) is 4.19. The summed E-state index contributed by atoms with van der Waals surface area (Å²) in [4.78, 5) is 0. The van der Waals surface area contributed by atoms with Crippen molar-refractivity contribution in [1.29, 1.82) is 0 Å². The topological polar surface area (TPSA) is 31.0 Å². The highest BCUT2D eigenvalue weighted by atomic mass is 16.7. The van der Waals surface area contributed by atoms with Gasteiger partial charge in [-0.05, 0) is 18.6 Å². The van der Waals surface area contributed by atoms with Crippen LogP contribution in [-0.4, -0.2) is 30.7 Å². The lowest BCUT2D eigenvalue weighted by atomic mass is 9.85. The first kappa shape index (κ1) is 11.5. The summed E-state index contributed by atoms with van der Waals surface area (Å²) in [5.41, 5.74) is 0.802. The molecule has 1 aromatic rings. The van der Waals surface area contributed by atoms with Gasteiger partial charge in [-0.15, -0.1) is 0 Å². The minimum absolute atomic E-state index is 0.176. The summed E-state index contributed by atoms with van der Waals surface area (Å²) in [7, 11) is 0. The van der Waals surface area contributed by atoms with Gasteiger partial charge in [0.15, 0.2) is 11.4 Å². The average molecular weight is 256 g/mol. The predicted molar refractivity (Wildman–Crippen MR) is 69.4 cm³/mol. The molecule has 1 aromatic carbocycles. The minimum Gasteiger partial charge on any atom is -0.352 e. The molecule has 0 radical (unpaired) electrons. The van der Waals surface area contributed by atoms with E-state index in [1.807, 2.05) is 30.3 Å². The first-order chi connectivity index (χ1) is 9.30. The molecule has 2 unspecified atom stereocenters. The second-order valence-corrected chi connectivity index (χ2v) is 5.42. The van der Waals surface area contributed by atoms with E-state index in [1.165, 1.54) is 0 Å². The first-order valence-electron chi connectivity index (χ1n) is 6.84. The Morgan fingerprint density at radius 1 is 1.05 bits per heavy atom. The molecular formula is C16H16O3. The van der Waals surface area contributed by atoms with Crippen LogP contribution >= 0.6 is 0 Å². The molecule has 0 N–H and O–H groups in total. The van der Waals surface area contributed by atoms with Gasteiger partial charge in [-0.1, -0.05) is 30.0 Å². The fourth-order valence-electron chi connectivity index (χ4n) is 3.04. The Morgan fingerprint density at radius 3 is 2.58 bits per heavy atom. The Hall–Kier alpha value is -1.34. The molecule has 2 atom stereocenters. The molecule has 1 aliphatic carbocycles. The lowest BCUT2D eigenvalue weighted by Crippen LogP contribution is -2.39. The van der Waals surface area contributed by atoms with Gasteiger partial charge in [0.2, 0.25) is 0 Å². The van der Waals surface area contributed by atoms with Crippen molar-refractivity contribution in [2.45, 2.75) is 36.8 Å². The number of ether oxygens (including phenoxy) is 3. The molecule has 0 bridgehead atoms. The standard InChI is InChI=1S/C16H16O3/c1-2-4-13(5-3-1)6-7-15-8-9-16(12-14(15)19-15)17-10-11-18-16/h1-5,14H,8-12H2. The van der Waals surface area contributed by atoms with Crippen molar-refractivity contribution < 1.29 is 14.2 Å². The summed E-state index contributed by atoms with van der Waals surface area (Å²) in [5.74, 6) is 6.15. The van der Waals surface area contributed by atoms with Crippen LogP contribution in [0, 0.1) is 11.8 Å². The average Bonchev–Trinajstić information content (AvgIpc) is 2.98. The maximum Gasteiger partial charge on any atom is 0.171 e. The van der Waals surface area contributed by atoms with Crippen molar-refractivity contribution in [2.24, 2.45) is 0 Å². The molecule has 3 nitrogen and oxygen atoms in total. The Kier molecular flexibility index (Phi) is 2.46. The van der Waals surface area contributed by atoms with E-state index >= 15 is 0 Å². The van der Waals surface area contributed by atoms with Gasteiger partial charge in [-0.2, -0.15) is 0 Å². The van der Waals surface area contributed by atoms with Crippen LogP contribution in [0.15, 0.2) is 30.3 Å². The smallest absolute Gasteiger partial charge is 0.171 e. The number of fused-ring (bicyclic) bond motifs is 1. The Labute approximate surface area is 112 Å². The van der Waals surface area contributed by atoms with E-state index in [0.717, 1.165) is 24.8 Å². The van der Waals surface area contributed by atoms with E-state index in [9.17, 15) is 0 Å². The Bertz CT molecular complexity index is 536. The molecule has 1 saturated carbocycles. The second-order valence-electron chi connectivity index (χ2n) is 5.42. The highest BCUT2D eigenvalue weighted by Gasteiger charge is 2.63. The number of hydrogen-bond donors (Lipinski definition) is 0. The lowest BCUT2D eigenvalue weighted by Gasteiger charge is -2.30. The van der Waals surface area contributed by atoms with Gasteiger partial charge < -0.3 is 14.2 Å². The van der Waals surface area contributed by atoms with Gasteiger partial charge in [-0.25, -0.2) is 0 Å². The van der Waals surface area contributed by atoms with Gasteiger partial charge in [0, 0.05) is 18.4 Å². The molecule has 1 spiro atoms. The summed E-state index contributed by atoms with van der Waals surface area (Å²) in [6.07, 6.45) is 2.77. The first-order valence-corrected chi connectivity index (χ1v) is 6.84. The highest BCUT2D eigenvalue weighted by molar-refractivity contribution is 5.39. The van der Waals surface area contributed by atoms with Crippen LogP contribution in [0.4, 0.5) is 0 Å². The highest BCUT2D eigenvalue weighted by Crippen LogP contribution is 2.52. The van der Waals surface area contributed by atoms with Crippen molar-refractivity contribution in [3.8, 4) is 11.8 Å². The second kappa shape index (κ2) is 4.08. The van der Waals surface area contributed by atoms with Crippen molar-refractivity contribution in [3.05, 3.63) is 35.9 Å². The lowest BCUT2D eigenvalue weighted by molar-refractivity contribution is -0.174. The van der Waals surface area contributed by atoms with Gasteiger partial charge >= 0.3 is 0 Å². The van der Waals surface area contributed by atoms with Gasteiger partial charge in [0.1, 0.15) is 6.10 Å². The van der Waals surface area contributed by atoms with Gasteiger partial charge in [0.25, 0.3) is 0 Å². The maximum atomic E-state index is 5.84. The zero-order valence-electron chi connectivity index (χ0n) is 10.7. The Morgan fingerprint density at radius 2 is 1.84 bits per heavy atom. The monoisotopic (exact) mass is 256 g/mol. The van der Waals surface area contributed by atoms with Gasteiger partial charge in [0.05, 0.1) is 13.2 Å². The largest absolute Gasteiger partial charge is 0.352 e. The summed E-state index contributed by atoms with van der Waals surface area (Å²) in [6, 6.07) is 10.0. The van der Waals surface area contributed by atoms with Crippen LogP contribution in [0.2, 0.25) is 0 Å². The van der Waals surface area contributed by atoms with Crippen molar-refractivity contribution in [1.82, 2.24) is 0 Å². The number of epoxide rings is 1. The summed E-state index contributed by atoms with van der Waals surface area (Å²) in [5, 5.41) is 0. The molecule has 3 aliphatic rings. The van der Waals surface area contributed by atoms with Crippen molar-refractivity contribution in [2.75, 3.05) is 13.2 Å². The van der Waals surface area contributed by atoms with E-state index in [2.05, 4.69) is 11.8 Å². The molecule has 3 heteroatoms. The van der Waals surface area contributed by atoms with Crippen LogP contribution in [-0.2, 0) is 14.2 Å². The van der Waals surface area contributed by atoms with Crippen LogP contribution in [0.1, 0.15) is 24.8 Å². The minimum atomic E-state index is -0.376.